The van der Waals surface area contributed by atoms with E-state index in [1.165, 1.54) is 31.4 Å². The highest BCUT2D eigenvalue weighted by molar-refractivity contribution is 6.46. The first-order chi connectivity index (χ1) is 14.5. The number of benzene rings is 3. The maximum absolute atomic E-state index is 13.4. The van der Waals surface area contributed by atoms with E-state index >= 15 is 0 Å². The Bertz CT molecular complexity index is 1160. The quantitative estimate of drug-likeness (QED) is 0.595. The van der Waals surface area contributed by atoms with Gasteiger partial charge in [0.05, 0.1) is 24.1 Å². The molecule has 0 atom stereocenters. The predicted octanol–water partition coefficient (Wildman–Crippen LogP) is 4.88. The molecule has 3 aromatic rings. The number of amides is 2. The largest absolute Gasteiger partial charge is 0.495 e. The second-order valence-electron chi connectivity index (χ2n) is 6.50. The highest BCUT2D eigenvalue weighted by atomic mass is 35.5. The molecule has 0 bridgehead atoms. The first kappa shape index (κ1) is 19.7. The summed E-state index contributed by atoms with van der Waals surface area (Å²) in [5, 5.41) is 3.56. The number of halogens is 2. The molecule has 0 saturated heterocycles. The molecule has 1 aliphatic rings. The average Bonchev–Trinajstić information content (AvgIpc) is 2.99. The number of hydrogen-bond donors (Lipinski definition) is 1. The summed E-state index contributed by atoms with van der Waals surface area (Å²) in [6.07, 6.45) is 0. The smallest absolute Gasteiger partial charge is 0.282 e. The third kappa shape index (κ3) is 3.53. The van der Waals surface area contributed by atoms with E-state index in [-0.39, 0.29) is 17.0 Å². The number of para-hydroxylation sites is 2. The number of hydrogen-bond acceptors (Lipinski definition) is 4. The SMILES string of the molecule is COc1ccccc1NC1=C(c2ccc(Cl)cc2)C(=O)N(c2ccc(F)cc2)C1=O. The monoisotopic (exact) mass is 422 g/mol. The third-order valence-electron chi connectivity index (χ3n) is 4.67. The van der Waals surface area contributed by atoms with Crippen LogP contribution in [-0.2, 0) is 9.59 Å². The zero-order valence-electron chi connectivity index (χ0n) is 15.9. The molecule has 7 heteroatoms. The standard InChI is InChI=1S/C23H16ClFN2O3/c1-30-19-5-3-2-4-18(19)26-21-20(14-6-8-15(24)9-7-14)22(28)27(23(21)29)17-12-10-16(25)11-13-17/h2-13,26H,1H3. The predicted molar refractivity (Wildman–Crippen MR) is 114 cm³/mol. The summed E-state index contributed by atoms with van der Waals surface area (Å²) in [5.41, 5.74) is 1.61. The minimum Gasteiger partial charge on any atom is -0.495 e. The van der Waals surface area contributed by atoms with E-state index < -0.39 is 17.6 Å². The van der Waals surface area contributed by atoms with Gasteiger partial charge < -0.3 is 10.1 Å². The number of ether oxygens (including phenoxy) is 1. The number of methoxy groups -OCH3 is 1. The summed E-state index contributed by atoms with van der Waals surface area (Å²) < 4.78 is 18.7. The van der Waals surface area contributed by atoms with Crippen LogP contribution < -0.4 is 15.0 Å². The number of carbonyl (C=O) groups is 2. The van der Waals surface area contributed by atoms with E-state index in [2.05, 4.69) is 5.32 Å². The molecule has 0 aromatic heterocycles. The first-order valence-corrected chi connectivity index (χ1v) is 9.42. The zero-order chi connectivity index (χ0) is 21.3. The molecule has 0 spiro atoms. The van der Waals surface area contributed by atoms with Crippen molar-refractivity contribution >= 4 is 40.4 Å². The van der Waals surface area contributed by atoms with E-state index in [0.29, 0.717) is 22.0 Å². The maximum Gasteiger partial charge on any atom is 0.282 e. The van der Waals surface area contributed by atoms with Crippen molar-refractivity contribution in [1.29, 1.82) is 0 Å². The molecule has 3 aromatic carbocycles. The average molecular weight is 423 g/mol. The van der Waals surface area contributed by atoms with Gasteiger partial charge in [-0.3, -0.25) is 9.59 Å². The Morgan fingerprint density at radius 1 is 0.900 bits per heavy atom. The van der Waals surface area contributed by atoms with Crippen LogP contribution in [0, 0.1) is 5.82 Å². The van der Waals surface area contributed by atoms with Crippen LogP contribution in [-0.4, -0.2) is 18.9 Å². The Balaban J connectivity index is 1.83. The molecule has 150 valence electrons. The van der Waals surface area contributed by atoms with Crippen LogP contribution in [0.25, 0.3) is 5.57 Å². The number of carbonyl (C=O) groups excluding carboxylic acids is 2. The van der Waals surface area contributed by atoms with Gasteiger partial charge in [0.1, 0.15) is 17.3 Å². The van der Waals surface area contributed by atoms with Gasteiger partial charge in [0.15, 0.2) is 0 Å². The Labute approximate surface area is 177 Å². The summed E-state index contributed by atoms with van der Waals surface area (Å²) in [5.74, 6) is -1.02. The molecule has 1 N–H and O–H groups in total. The van der Waals surface area contributed by atoms with Gasteiger partial charge in [0.25, 0.3) is 11.8 Å². The van der Waals surface area contributed by atoms with E-state index in [1.54, 1.807) is 48.5 Å². The van der Waals surface area contributed by atoms with Crippen LogP contribution in [0.2, 0.25) is 5.02 Å². The highest BCUT2D eigenvalue weighted by Crippen LogP contribution is 2.35. The Morgan fingerprint density at radius 2 is 1.57 bits per heavy atom. The molecule has 2 amide bonds. The van der Waals surface area contributed by atoms with E-state index in [4.69, 9.17) is 16.3 Å². The zero-order valence-corrected chi connectivity index (χ0v) is 16.6. The lowest BCUT2D eigenvalue weighted by molar-refractivity contribution is -0.120. The van der Waals surface area contributed by atoms with Crippen molar-refractivity contribution in [1.82, 2.24) is 0 Å². The normalized spacial score (nSPS) is 13.8. The Kier molecular flexibility index (Phi) is 5.25. The number of imide groups is 1. The second-order valence-corrected chi connectivity index (χ2v) is 6.94. The van der Waals surface area contributed by atoms with Crippen LogP contribution in [0.4, 0.5) is 15.8 Å². The lowest BCUT2D eigenvalue weighted by Gasteiger charge is -2.16. The lowest BCUT2D eigenvalue weighted by atomic mass is 10.0. The molecule has 0 saturated carbocycles. The van der Waals surface area contributed by atoms with Gasteiger partial charge >= 0.3 is 0 Å². The van der Waals surface area contributed by atoms with E-state index in [0.717, 1.165) is 4.90 Å². The molecular weight excluding hydrogens is 407 g/mol. The van der Waals surface area contributed by atoms with Gasteiger partial charge in [0, 0.05) is 5.02 Å². The molecule has 0 aliphatic carbocycles. The highest BCUT2D eigenvalue weighted by Gasteiger charge is 2.40. The maximum atomic E-state index is 13.4. The van der Waals surface area contributed by atoms with Crippen molar-refractivity contribution in [3.05, 3.63) is 94.9 Å². The Morgan fingerprint density at radius 3 is 2.23 bits per heavy atom. The molecule has 0 unspecified atom stereocenters. The molecule has 30 heavy (non-hydrogen) atoms. The molecule has 0 radical (unpaired) electrons. The minimum absolute atomic E-state index is 0.0937. The number of rotatable bonds is 5. The fraction of sp³-hybridized carbons (Fsp3) is 0.0435. The number of nitrogens with one attached hydrogen (secondary N) is 1. The summed E-state index contributed by atoms with van der Waals surface area (Å²) in [6.45, 7) is 0. The van der Waals surface area contributed by atoms with Crippen molar-refractivity contribution in [2.45, 2.75) is 0 Å². The van der Waals surface area contributed by atoms with E-state index in [9.17, 15) is 14.0 Å². The lowest BCUT2D eigenvalue weighted by Crippen LogP contribution is -2.32. The van der Waals surface area contributed by atoms with Crippen molar-refractivity contribution in [3.63, 3.8) is 0 Å². The van der Waals surface area contributed by atoms with Gasteiger partial charge in [-0.25, -0.2) is 9.29 Å². The molecule has 1 heterocycles. The summed E-state index contributed by atoms with van der Waals surface area (Å²) in [6, 6.07) is 18.8. The Hall–Kier alpha value is -3.64. The molecule has 0 fully saturated rings. The fourth-order valence-electron chi connectivity index (χ4n) is 3.24. The van der Waals surface area contributed by atoms with Crippen molar-refractivity contribution < 1.29 is 18.7 Å². The van der Waals surface area contributed by atoms with Gasteiger partial charge in [-0.1, -0.05) is 35.9 Å². The van der Waals surface area contributed by atoms with Crippen LogP contribution in [0.3, 0.4) is 0 Å². The first-order valence-electron chi connectivity index (χ1n) is 9.04. The number of anilines is 2. The van der Waals surface area contributed by atoms with Crippen LogP contribution in [0.1, 0.15) is 5.56 Å². The van der Waals surface area contributed by atoms with E-state index in [1.807, 2.05) is 0 Å². The molecule has 4 rings (SSSR count). The third-order valence-corrected chi connectivity index (χ3v) is 4.92. The van der Waals surface area contributed by atoms with Gasteiger partial charge in [-0.2, -0.15) is 0 Å². The summed E-state index contributed by atoms with van der Waals surface area (Å²) >= 11 is 5.98. The summed E-state index contributed by atoms with van der Waals surface area (Å²) in [7, 11) is 1.52. The van der Waals surface area contributed by atoms with Gasteiger partial charge in [-0.15, -0.1) is 0 Å². The number of nitrogens with zero attached hydrogens (tertiary/aromatic N) is 1. The van der Waals surface area contributed by atoms with Crippen LogP contribution >= 0.6 is 11.6 Å². The molecule has 1 aliphatic heterocycles. The minimum atomic E-state index is -0.553. The van der Waals surface area contributed by atoms with Crippen LogP contribution in [0.5, 0.6) is 5.75 Å². The second kappa shape index (κ2) is 8.00. The van der Waals surface area contributed by atoms with Crippen molar-refractivity contribution in [3.8, 4) is 5.75 Å². The topological polar surface area (TPSA) is 58.6 Å². The van der Waals surface area contributed by atoms with Gasteiger partial charge in [-0.05, 0) is 54.1 Å². The molecular formula is C23H16ClFN2O3. The van der Waals surface area contributed by atoms with Crippen molar-refractivity contribution in [2.75, 3.05) is 17.3 Å². The fourth-order valence-corrected chi connectivity index (χ4v) is 3.36. The van der Waals surface area contributed by atoms with Crippen molar-refractivity contribution in [2.24, 2.45) is 0 Å². The molecule has 5 nitrogen and oxygen atoms in total. The van der Waals surface area contributed by atoms with Gasteiger partial charge in [0.2, 0.25) is 0 Å². The van der Waals surface area contributed by atoms with Crippen LogP contribution in [0.15, 0.2) is 78.5 Å². The summed E-state index contributed by atoms with van der Waals surface area (Å²) in [4.78, 5) is 27.6.